The number of nitrogens with one attached hydrogen (secondary N) is 1. The summed E-state index contributed by atoms with van der Waals surface area (Å²) in [6.45, 7) is 8.36. The maximum atomic E-state index is 5.45. The van der Waals surface area contributed by atoms with Gasteiger partial charge in [-0.2, -0.15) is 0 Å². The summed E-state index contributed by atoms with van der Waals surface area (Å²) in [6, 6.07) is 8.23. The Morgan fingerprint density at radius 3 is 3.06 bits per heavy atom. The Balaban J connectivity index is 2.30. The highest BCUT2D eigenvalue weighted by molar-refractivity contribution is 5.28. The van der Waals surface area contributed by atoms with E-state index in [4.69, 9.17) is 4.74 Å². The van der Waals surface area contributed by atoms with Crippen molar-refractivity contribution in [2.45, 2.75) is 26.3 Å². The largest absolute Gasteiger partial charge is 0.494 e. The molecule has 0 aliphatic carbocycles. The molecule has 0 amide bonds. The molecule has 0 atom stereocenters. The molecule has 0 fully saturated rings. The van der Waals surface area contributed by atoms with Gasteiger partial charge < -0.3 is 10.1 Å². The lowest BCUT2D eigenvalue weighted by Gasteiger charge is -2.07. The zero-order valence-corrected chi connectivity index (χ0v) is 10.0. The van der Waals surface area contributed by atoms with Crippen LogP contribution >= 0.6 is 0 Å². The fraction of sp³-hybridized carbons (Fsp3) is 0.429. The highest BCUT2D eigenvalue weighted by Crippen LogP contribution is 2.12. The van der Waals surface area contributed by atoms with Crippen molar-refractivity contribution in [3.8, 4) is 5.75 Å². The summed E-state index contributed by atoms with van der Waals surface area (Å²) in [6.07, 6.45) is 4.18. The first-order valence-electron chi connectivity index (χ1n) is 5.90. The predicted octanol–water partition coefficient (Wildman–Crippen LogP) is 3.14. The maximum absolute atomic E-state index is 5.45. The highest BCUT2D eigenvalue weighted by Gasteiger charge is 1.95. The van der Waals surface area contributed by atoms with Gasteiger partial charge in [0.2, 0.25) is 0 Å². The van der Waals surface area contributed by atoms with Crippen molar-refractivity contribution >= 4 is 0 Å². The van der Waals surface area contributed by atoms with Crippen molar-refractivity contribution < 1.29 is 4.74 Å². The number of unbranched alkanes of at least 4 members (excludes halogenated alkanes) is 1. The van der Waals surface area contributed by atoms with E-state index >= 15 is 0 Å². The Bertz CT molecular complexity index is 309. The molecule has 1 rings (SSSR count). The van der Waals surface area contributed by atoms with Crippen LogP contribution < -0.4 is 10.1 Å². The maximum Gasteiger partial charge on any atom is 0.119 e. The summed E-state index contributed by atoms with van der Waals surface area (Å²) in [5.74, 6) is 0.952. The van der Waals surface area contributed by atoms with Gasteiger partial charge in [-0.05, 0) is 44.0 Å². The van der Waals surface area contributed by atoms with E-state index in [1.807, 2.05) is 25.1 Å². The molecule has 0 aliphatic heterocycles. The minimum Gasteiger partial charge on any atom is -0.494 e. The van der Waals surface area contributed by atoms with Crippen molar-refractivity contribution in [2.75, 3.05) is 13.2 Å². The molecule has 0 heterocycles. The Kier molecular flexibility index (Phi) is 6.35. The van der Waals surface area contributed by atoms with Crippen LogP contribution in [0.2, 0.25) is 0 Å². The SMILES string of the molecule is C=CCCCNCc1cccc(OCC)c1. The first-order chi connectivity index (χ1) is 7.86. The summed E-state index contributed by atoms with van der Waals surface area (Å²) < 4.78 is 5.45. The molecule has 2 nitrogen and oxygen atoms in total. The minimum absolute atomic E-state index is 0.718. The number of benzene rings is 1. The second kappa shape index (κ2) is 7.94. The molecule has 0 aliphatic rings. The van der Waals surface area contributed by atoms with Crippen molar-refractivity contribution in [3.05, 3.63) is 42.5 Å². The van der Waals surface area contributed by atoms with Gasteiger partial charge in [-0.15, -0.1) is 6.58 Å². The monoisotopic (exact) mass is 219 g/mol. The summed E-state index contributed by atoms with van der Waals surface area (Å²) in [7, 11) is 0. The number of allylic oxidation sites excluding steroid dienone is 1. The van der Waals surface area contributed by atoms with E-state index in [1.54, 1.807) is 0 Å². The first kappa shape index (κ1) is 12.8. The van der Waals surface area contributed by atoms with Gasteiger partial charge in [0, 0.05) is 6.54 Å². The molecular formula is C14H21NO. The Morgan fingerprint density at radius 1 is 1.44 bits per heavy atom. The van der Waals surface area contributed by atoms with E-state index in [0.29, 0.717) is 0 Å². The molecular weight excluding hydrogens is 198 g/mol. The fourth-order valence-corrected chi connectivity index (χ4v) is 1.52. The van der Waals surface area contributed by atoms with E-state index in [9.17, 15) is 0 Å². The summed E-state index contributed by atoms with van der Waals surface area (Å²) in [5.41, 5.74) is 1.27. The molecule has 1 N–H and O–H groups in total. The third kappa shape index (κ3) is 4.99. The van der Waals surface area contributed by atoms with Gasteiger partial charge in [0.05, 0.1) is 6.61 Å². The third-order valence-electron chi connectivity index (χ3n) is 2.30. The Morgan fingerprint density at radius 2 is 2.31 bits per heavy atom. The summed E-state index contributed by atoms with van der Waals surface area (Å²) >= 11 is 0. The van der Waals surface area contributed by atoms with Gasteiger partial charge in [-0.3, -0.25) is 0 Å². The van der Waals surface area contributed by atoms with E-state index in [1.165, 1.54) is 5.56 Å². The highest BCUT2D eigenvalue weighted by atomic mass is 16.5. The molecule has 1 aromatic rings. The van der Waals surface area contributed by atoms with Crippen molar-refractivity contribution in [3.63, 3.8) is 0 Å². The molecule has 0 aromatic heterocycles. The van der Waals surface area contributed by atoms with Crippen LogP contribution in [0.4, 0.5) is 0 Å². The molecule has 0 spiro atoms. The standard InChI is InChI=1S/C14H21NO/c1-3-5-6-10-15-12-13-8-7-9-14(11-13)16-4-2/h3,7-9,11,15H,1,4-6,10,12H2,2H3. The first-order valence-corrected chi connectivity index (χ1v) is 5.90. The van der Waals surface area contributed by atoms with Crippen LogP contribution in [0.3, 0.4) is 0 Å². The Hall–Kier alpha value is -1.28. The second-order valence-electron chi connectivity index (χ2n) is 3.69. The average molecular weight is 219 g/mol. The smallest absolute Gasteiger partial charge is 0.119 e. The van der Waals surface area contributed by atoms with Crippen molar-refractivity contribution in [1.29, 1.82) is 0 Å². The molecule has 2 heteroatoms. The molecule has 0 bridgehead atoms. The number of rotatable bonds is 8. The summed E-state index contributed by atoms with van der Waals surface area (Å²) in [4.78, 5) is 0. The van der Waals surface area contributed by atoms with Gasteiger partial charge in [-0.1, -0.05) is 18.2 Å². The van der Waals surface area contributed by atoms with Gasteiger partial charge in [-0.25, -0.2) is 0 Å². The minimum atomic E-state index is 0.718. The van der Waals surface area contributed by atoms with Crippen LogP contribution in [0.15, 0.2) is 36.9 Å². The number of hydrogen-bond acceptors (Lipinski definition) is 2. The van der Waals surface area contributed by atoms with Crippen LogP contribution in [-0.4, -0.2) is 13.2 Å². The van der Waals surface area contributed by atoms with E-state index in [2.05, 4.69) is 24.0 Å². The molecule has 0 saturated heterocycles. The lowest BCUT2D eigenvalue weighted by atomic mass is 10.2. The number of hydrogen-bond donors (Lipinski definition) is 1. The van der Waals surface area contributed by atoms with E-state index in [0.717, 1.165) is 38.3 Å². The van der Waals surface area contributed by atoms with Crippen molar-refractivity contribution in [1.82, 2.24) is 5.32 Å². The van der Waals surface area contributed by atoms with E-state index < -0.39 is 0 Å². The topological polar surface area (TPSA) is 21.3 Å². The van der Waals surface area contributed by atoms with Crippen LogP contribution in [0.1, 0.15) is 25.3 Å². The zero-order chi connectivity index (χ0) is 11.6. The van der Waals surface area contributed by atoms with Gasteiger partial charge in [0.25, 0.3) is 0 Å². The molecule has 0 saturated carbocycles. The van der Waals surface area contributed by atoms with Gasteiger partial charge in [0.1, 0.15) is 5.75 Å². The summed E-state index contributed by atoms with van der Waals surface area (Å²) in [5, 5.41) is 3.40. The Labute approximate surface area is 98.3 Å². The number of ether oxygens (including phenoxy) is 1. The molecule has 0 unspecified atom stereocenters. The molecule has 16 heavy (non-hydrogen) atoms. The van der Waals surface area contributed by atoms with Gasteiger partial charge >= 0.3 is 0 Å². The third-order valence-corrected chi connectivity index (χ3v) is 2.30. The lowest BCUT2D eigenvalue weighted by Crippen LogP contribution is -2.14. The van der Waals surface area contributed by atoms with Gasteiger partial charge in [0.15, 0.2) is 0 Å². The predicted molar refractivity (Wildman–Crippen MR) is 68.7 cm³/mol. The molecule has 1 aromatic carbocycles. The average Bonchev–Trinajstić information content (AvgIpc) is 2.30. The van der Waals surface area contributed by atoms with Crippen LogP contribution in [-0.2, 0) is 6.54 Å². The lowest BCUT2D eigenvalue weighted by molar-refractivity contribution is 0.340. The molecule has 88 valence electrons. The van der Waals surface area contributed by atoms with Crippen LogP contribution in [0.25, 0.3) is 0 Å². The van der Waals surface area contributed by atoms with Crippen LogP contribution in [0.5, 0.6) is 5.75 Å². The van der Waals surface area contributed by atoms with Crippen molar-refractivity contribution in [2.24, 2.45) is 0 Å². The molecule has 0 radical (unpaired) electrons. The van der Waals surface area contributed by atoms with Crippen LogP contribution in [0, 0.1) is 0 Å². The fourth-order valence-electron chi connectivity index (χ4n) is 1.52. The zero-order valence-electron chi connectivity index (χ0n) is 10.0. The normalized spacial score (nSPS) is 10.1. The van der Waals surface area contributed by atoms with E-state index in [-0.39, 0.29) is 0 Å². The quantitative estimate of drug-likeness (QED) is 0.535. The second-order valence-corrected chi connectivity index (χ2v) is 3.69.